The molecule has 6 nitrogen and oxygen atoms in total. The monoisotopic (exact) mass is 262 g/mol. The molecule has 19 heavy (non-hydrogen) atoms. The number of hydrogen-bond acceptors (Lipinski definition) is 6. The highest BCUT2D eigenvalue weighted by atomic mass is 16.5. The Balaban J connectivity index is 1.78. The van der Waals surface area contributed by atoms with Crippen molar-refractivity contribution in [1.29, 1.82) is 0 Å². The zero-order chi connectivity index (χ0) is 13.5. The van der Waals surface area contributed by atoms with Gasteiger partial charge < -0.3 is 20.2 Å². The van der Waals surface area contributed by atoms with Crippen LogP contribution < -0.4 is 15.8 Å². The number of methoxy groups -OCH3 is 1. The molecule has 3 N–H and O–H groups in total. The lowest BCUT2D eigenvalue weighted by molar-refractivity contribution is 0.414. The summed E-state index contributed by atoms with van der Waals surface area (Å²) in [6.07, 6.45) is 1.48. The van der Waals surface area contributed by atoms with Crippen LogP contribution in [-0.4, -0.2) is 30.4 Å². The summed E-state index contributed by atoms with van der Waals surface area (Å²) >= 11 is 0. The molecule has 6 heteroatoms. The third kappa shape index (κ3) is 3.96. The average Bonchev–Trinajstić information content (AvgIpc) is 2.88. The zero-order valence-electron chi connectivity index (χ0n) is 10.9. The highest BCUT2D eigenvalue weighted by molar-refractivity contribution is 5.28. The quantitative estimate of drug-likeness (QED) is 0.780. The number of nitrogens with zero attached hydrogens (tertiary/aromatic N) is 2. The summed E-state index contributed by atoms with van der Waals surface area (Å²) in [5.74, 6) is 1.43. The van der Waals surface area contributed by atoms with Gasteiger partial charge in [0.15, 0.2) is 0 Å². The number of benzene rings is 1. The Morgan fingerprint density at radius 1 is 1.21 bits per heavy atom. The molecule has 2 aromatic rings. The molecule has 0 aliphatic carbocycles. The Morgan fingerprint density at radius 2 is 2.00 bits per heavy atom. The summed E-state index contributed by atoms with van der Waals surface area (Å²) in [5, 5.41) is 10.9. The van der Waals surface area contributed by atoms with E-state index in [9.17, 15) is 0 Å². The van der Waals surface area contributed by atoms with Gasteiger partial charge in [-0.2, -0.15) is 0 Å². The third-order valence-corrected chi connectivity index (χ3v) is 2.67. The van der Waals surface area contributed by atoms with E-state index in [1.54, 1.807) is 7.11 Å². The number of hydrogen-bond donors (Lipinski definition) is 2. The minimum atomic E-state index is 0.442. The van der Waals surface area contributed by atoms with Crippen LogP contribution in [0, 0.1) is 0 Å². The van der Waals surface area contributed by atoms with Gasteiger partial charge in [0.05, 0.1) is 7.11 Å². The van der Waals surface area contributed by atoms with Gasteiger partial charge in [-0.1, -0.05) is 17.2 Å². The van der Waals surface area contributed by atoms with Gasteiger partial charge in [0.2, 0.25) is 5.89 Å². The van der Waals surface area contributed by atoms with E-state index >= 15 is 0 Å². The standard InChI is InChI=1S/C13H18N4O2/c1-18-11-4-2-10(3-5-11)7-9-15-13-17-16-12(19-13)6-8-14/h2-5H,6-9,14H2,1H3,(H,15,17). The van der Waals surface area contributed by atoms with Crippen LogP contribution in [0.3, 0.4) is 0 Å². The molecular weight excluding hydrogens is 244 g/mol. The lowest BCUT2D eigenvalue weighted by Gasteiger charge is -2.03. The minimum absolute atomic E-state index is 0.442. The summed E-state index contributed by atoms with van der Waals surface area (Å²) in [6.45, 7) is 1.24. The molecule has 1 aromatic carbocycles. The van der Waals surface area contributed by atoms with E-state index in [0.29, 0.717) is 24.9 Å². The summed E-state index contributed by atoms with van der Waals surface area (Å²) in [6, 6.07) is 8.41. The number of ether oxygens (including phenoxy) is 1. The second-order valence-electron chi connectivity index (χ2n) is 4.06. The highest BCUT2D eigenvalue weighted by Gasteiger charge is 2.04. The van der Waals surface area contributed by atoms with Crippen molar-refractivity contribution in [2.75, 3.05) is 25.5 Å². The highest BCUT2D eigenvalue weighted by Crippen LogP contribution is 2.12. The van der Waals surface area contributed by atoms with Gasteiger partial charge in [0.1, 0.15) is 5.75 Å². The van der Waals surface area contributed by atoms with Crippen LogP contribution in [0.25, 0.3) is 0 Å². The SMILES string of the molecule is COc1ccc(CCNc2nnc(CCN)o2)cc1. The maximum atomic E-state index is 5.41. The predicted molar refractivity (Wildman–Crippen MR) is 72.2 cm³/mol. The van der Waals surface area contributed by atoms with Crippen molar-refractivity contribution in [3.63, 3.8) is 0 Å². The first kappa shape index (κ1) is 13.4. The fourth-order valence-electron chi connectivity index (χ4n) is 1.66. The largest absolute Gasteiger partial charge is 0.497 e. The minimum Gasteiger partial charge on any atom is -0.497 e. The maximum Gasteiger partial charge on any atom is 0.315 e. The molecule has 0 bridgehead atoms. The fourth-order valence-corrected chi connectivity index (χ4v) is 1.66. The van der Waals surface area contributed by atoms with E-state index in [1.165, 1.54) is 5.56 Å². The van der Waals surface area contributed by atoms with Crippen molar-refractivity contribution in [3.05, 3.63) is 35.7 Å². The predicted octanol–water partition coefficient (Wildman–Crippen LogP) is 1.23. The topological polar surface area (TPSA) is 86.2 Å². The Kier molecular flexibility index (Phi) is 4.74. The first-order valence-electron chi connectivity index (χ1n) is 6.21. The molecule has 0 radical (unpaired) electrons. The molecule has 0 aliphatic rings. The van der Waals surface area contributed by atoms with E-state index in [1.807, 2.05) is 24.3 Å². The van der Waals surface area contributed by atoms with Crippen LogP contribution in [0.1, 0.15) is 11.5 Å². The normalized spacial score (nSPS) is 10.4. The van der Waals surface area contributed by atoms with Crippen molar-refractivity contribution in [2.24, 2.45) is 5.73 Å². The van der Waals surface area contributed by atoms with E-state index in [2.05, 4.69) is 15.5 Å². The van der Waals surface area contributed by atoms with Gasteiger partial charge in [-0.05, 0) is 24.1 Å². The van der Waals surface area contributed by atoms with E-state index in [4.69, 9.17) is 14.9 Å². The van der Waals surface area contributed by atoms with Crippen molar-refractivity contribution in [2.45, 2.75) is 12.8 Å². The van der Waals surface area contributed by atoms with Gasteiger partial charge in [0.25, 0.3) is 0 Å². The summed E-state index contributed by atoms with van der Waals surface area (Å²) < 4.78 is 10.5. The number of aromatic nitrogens is 2. The van der Waals surface area contributed by atoms with Crippen molar-refractivity contribution >= 4 is 6.01 Å². The Labute approximate surface area is 112 Å². The maximum absolute atomic E-state index is 5.41. The van der Waals surface area contributed by atoms with Gasteiger partial charge >= 0.3 is 6.01 Å². The first-order chi connectivity index (χ1) is 9.31. The summed E-state index contributed by atoms with van der Waals surface area (Å²) in [4.78, 5) is 0. The van der Waals surface area contributed by atoms with Crippen LogP contribution in [0.2, 0.25) is 0 Å². The molecule has 1 heterocycles. The van der Waals surface area contributed by atoms with Gasteiger partial charge in [-0.25, -0.2) is 0 Å². The van der Waals surface area contributed by atoms with Gasteiger partial charge in [0, 0.05) is 19.5 Å². The average molecular weight is 262 g/mol. The van der Waals surface area contributed by atoms with Gasteiger partial charge in [-0.3, -0.25) is 0 Å². The molecule has 0 saturated heterocycles. The molecular formula is C13H18N4O2. The summed E-state index contributed by atoms with van der Waals surface area (Å²) in [7, 11) is 1.66. The number of nitrogens with two attached hydrogens (primary N) is 1. The lowest BCUT2D eigenvalue weighted by atomic mass is 10.1. The molecule has 0 atom stereocenters. The summed E-state index contributed by atoms with van der Waals surface area (Å²) in [5.41, 5.74) is 6.63. The second-order valence-corrected chi connectivity index (χ2v) is 4.06. The van der Waals surface area contributed by atoms with Crippen molar-refractivity contribution in [3.8, 4) is 5.75 Å². The zero-order valence-corrected chi connectivity index (χ0v) is 10.9. The number of nitrogens with one attached hydrogen (secondary N) is 1. The molecule has 0 spiro atoms. The van der Waals surface area contributed by atoms with Crippen LogP contribution in [0.15, 0.2) is 28.7 Å². The fraction of sp³-hybridized carbons (Fsp3) is 0.385. The van der Waals surface area contributed by atoms with Gasteiger partial charge in [-0.15, -0.1) is 5.10 Å². The van der Waals surface area contributed by atoms with Crippen LogP contribution in [-0.2, 0) is 12.8 Å². The van der Waals surface area contributed by atoms with Crippen LogP contribution in [0.5, 0.6) is 5.75 Å². The molecule has 0 fully saturated rings. The lowest BCUT2D eigenvalue weighted by Crippen LogP contribution is -2.05. The van der Waals surface area contributed by atoms with E-state index < -0.39 is 0 Å². The molecule has 1 aromatic heterocycles. The number of rotatable bonds is 7. The third-order valence-electron chi connectivity index (χ3n) is 2.67. The molecule has 0 saturated carbocycles. The molecule has 102 valence electrons. The molecule has 0 unspecified atom stereocenters. The number of anilines is 1. The molecule has 0 aliphatic heterocycles. The van der Waals surface area contributed by atoms with Crippen LogP contribution >= 0.6 is 0 Å². The van der Waals surface area contributed by atoms with Crippen molar-refractivity contribution in [1.82, 2.24) is 10.2 Å². The Hall–Kier alpha value is -2.08. The first-order valence-corrected chi connectivity index (χ1v) is 6.21. The van der Waals surface area contributed by atoms with E-state index in [-0.39, 0.29) is 0 Å². The van der Waals surface area contributed by atoms with E-state index in [0.717, 1.165) is 18.7 Å². The Morgan fingerprint density at radius 3 is 2.68 bits per heavy atom. The van der Waals surface area contributed by atoms with Crippen molar-refractivity contribution < 1.29 is 9.15 Å². The molecule has 0 amide bonds. The van der Waals surface area contributed by atoms with Crippen LogP contribution in [0.4, 0.5) is 6.01 Å². The second kappa shape index (κ2) is 6.75. The molecule has 2 rings (SSSR count). The Bertz CT molecular complexity index is 496. The smallest absolute Gasteiger partial charge is 0.315 e.